The molecule has 1 unspecified atom stereocenters. The zero-order valence-corrected chi connectivity index (χ0v) is 17.7. The smallest absolute Gasteiger partial charge is 0.307 e. The Morgan fingerprint density at radius 1 is 1.17 bits per heavy atom. The van der Waals surface area contributed by atoms with Gasteiger partial charge in [-0.3, -0.25) is 19.6 Å². The quantitative estimate of drug-likeness (QED) is 0.507. The van der Waals surface area contributed by atoms with Crippen molar-refractivity contribution in [2.45, 2.75) is 32.6 Å². The van der Waals surface area contributed by atoms with Gasteiger partial charge in [0.2, 0.25) is 5.88 Å². The van der Waals surface area contributed by atoms with Crippen molar-refractivity contribution in [1.29, 1.82) is 0 Å². The lowest BCUT2D eigenvalue weighted by Gasteiger charge is -2.17. The normalized spacial score (nSPS) is 11.8. The van der Waals surface area contributed by atoms with Crippen molar-refractivity contribution in [2.75, 3.05) is 13.2 Å². The first kappa shape index (κ1) is 21.6. The van der Waals surface area contributed by atoms with Crippen LogP contribution < -0.4 is 9.61 Å². The number of aromatic amines is 1. The van der Waals surface area contributed by atoms with Gasteiger partial charge in [-0.05, 0) is 35.7 Å². The number of carbonyl (C=O) groups excluding carboxylic acids is 1. The van der Waals surface area contributed by atoms with E-state index >= 15 is 0 Å². The molecule has 0 saturated heterocycles. The maximum absolute atomic E-state index is 11.3. The third-order valence-corrected chi connectivity index (χ3v) is 5.47. The molecule has 2 aromatic heterocycles. The zero-order valence-electron chi connectivity index (χ0n) is 16.9. The largest absolute Gasteiger partial charge is 0.494 e. The lowest BCUT2D eigenvalue weighted by Crippen LogP contribution is -2.19. The first-order valence-corrected chi connectivity index (χ1v) is 10.5. The van der Waals surface area contributed by atoms with Gasteiger partial charge < -0.3 is 14.6 Å². The van der Waals surface area contributed by atoms with E-state index in [1.54, 1.807) is 0 Å². The number of nitrogens with zero attached hydrogens (tertiary/aromatic N) is 1. The van der Waals surface area contributed by atoms with Gasteiger partial charge >= 0.3 is 10.8 Å². The number of aromatic hydroxyl groups is 1. The molecule has 0 aliphatic heterocycles. The number of aryl methyl sites for hydroxylation is 1. The molecule has 1 aromatic carbocycles. The van der Waals surface area contributed by atoms with Gasteiger partial charge in [0.25, 0.3) is 0 Å². The Hall–Kier alpha value is -3.13. The van der Waals surface area contributed by atoms with Crippen LogP contribution >= 0.6 is 11.3 Å². The number of H-pyrrole nitrogens is 1. The van der Waals surface area contributed by atoms with Crippen LogP contribution in [0, 0.1) is 0 Å². The van der Waals surface area contributed by atoms with Gasteiger partial charge in [-0.1, -0.05) is 36.5 Å². The van der Waals surface area contributed by atoms with Crippen molar-refractivity contribution in [3.63, 3.8) is 0 Å². The molecule has 7 nitrogen and oxygen atoms in total. The first-order chi connectivity index (χ1) is 14.4. The van der Waals surface area contributed by atoms with Crippen LogP contribution in [0.25, 0.3) is 0 Å². The molecule has 8 heteroatoms. The van der Waals surface area contributed by atoms with Gasteiger partial charge in [0.05, 0.1) is 23.1 Å². The molecule has 3 aromatic rings. The van der Waals surface area contributed by atoms with Gasteiger partial charge in [0.15, 0.2) is 0 Å². The summed E-state index contributed by atoms with van der Waals surface area (Å²) in [5.74, 6) is 0.0573. The Morgan fingerprint density at radius 2 is 1.90 bits per heavy atom. The molecule has 0 bridgehead atoms. The predicted molar refractivity (Wildman–Crippen MR) is 114 cm³/mol. The summed E-state index contributed by atoms with van der Waals surface area (Å²) in [6.07, 6.45) is 3.19. The van der Waals surface area contributed by atoms with Crippen LogP contribution in [-0.2, 0) is 22.4 Å². The van der Waals surface area contributed by atoms with Crippen LogP contribution in [0.1, 0.15) is 41.5 Å². The minimum atomic E-state index is -0.343. The number of nitrogens with one attached hydrogen (secondary N) is 1. The summed E-state index contributed by atoms with van der Waals surface area (Å²) in [7, 11) is 0. The maximum Gasteiger partial charge on any atom is 0.307 e. The SMILES string of the molecule is CCc1ccc(C(COC(C)=O)COc2ccc(Cc3sc(=O)[nH]c3O)cc2)nc1. The first-order valence-electron chi connectivity index (χ1n) is 9.65. The summed E-state index contributed by atoms with van der Waals surface area (Å²) in [5, 5.41) is 9.71. The Labute approximate surface area is 178 Å². The van der Waals surface area contributed by atoms with Crippen LogP contribution in [-0.4, -0.2) is 34.3 Å². The standard InChI is InChI=1S/C22H24N2O5S/c1-3-15-6-9-19(23-11-15)17(12-28-14(2)25)13-29-18-7-4-16(5-8-18)10-20-21(26)24-22(27)30-20/h4-9,11,17,26H,3,10,12-13H2,1-2H3,(H,24,27). The lowest BCUT2D eigenvalue weighted by molar-refractivity contribution is -0.141. The Bertz CT molecular complexity index is 1020. The number of ether oxygens (including phenoxy) is 2. The van der Waals surface area contributed by atoms with Gasteiger partial charge in [0, 0.05) is 19.5 Å². The number of thiazole rings is 1. The van der Waals surface area contributed by atoms with Crippen molar-refractivity contribution in [1.82, 2.24) is 9.97 Å². The number of aromatic nitrogens is 2. The lowest BCUT2D eigenvalue weighted by atomic mass is 10.1. The number of esters is 1. The zero-order chi connectivity index (χ0) is 21.5. The van der Waals surface area contributed by atoms with E-state index in [0.717, 1.165) is 34.6 Å². The number of rotatable bonds is 9. The van der Waals surface area contributed by atoms with E-state index in [0.29, 0.717) is 23.7 Å². The van der Waals surface area contributed by atoms with Crippen LogP contribution in [0.3, 0.4) is 0 Å². The molecule has 1 atom stereocenters. The summed E-state index contributed by atoms with van der Waals surface area (Å²) in [6.45, 7) is 3.95. The molecule has 0 radical (unpaired) electrons. The molecule has 158 valence electrons. The molecule has 0 aliphatic rings. The molecule has 2 N–H and O–H groups in total. The molecular weight excluding hydrogens is 404 g/mol. The fraction of sp³-hybridized carbons (Fsp3) is 0.318. The molecule has 3 rings (SSSR count). The van der Waals surface area contributed by atoms with E-state index in [2.05, 4.69) is 16.9 Å². The molecule has 0 spiro atoms. The van der Waals surface area contributed by atoms with Crippen molar-refractivity contribution in [3.8, 4) is 11.6 Å². The molecule has 0 aliphatic carbocycles. The molecule has 0 fully saturated rings. The van der Waals surface area contributed by atoms with Gasteiger partial charge in [-0.25, -0.2) is 0 Å². The highest BCUT2D eigenvalue weighted by Gasteiger charge is 2.16. The summed E-state index contributed by atoms with van der Waals surface area (Å²) in [4.78, 5) is 29.7. The molecule has 2 heterocycles. The van der Waals surface area contributed by atoms with E-state index in [1.165, 1.54) is 6.92 Å². The van der Waals surface area contributed by atoms with Crippen molar-refractivity contribution < 1.29 is 19.4 Å². The second kappa shape index (κ2) is 10.1. The van der Waals surface area contributed by atoms with Crippen LogP contribution in [0.5, 0.6) is 11.6 Å². The van der Waals surface area contributed by atoms with Crippen molar-refractivity contribution >= 4 is 17.3 Å². The molecule has 30 heavy (non-hydrogen) atoms. The monoisotopic (exact) mass is 428 g/mol. The number of hydrogen-bond acceptors (Lipinski definition) is 7. The second-order valence-electron chi connectivity index (χ2n) is 6.86. The highest BCUT2D eigenvalue weighted by atomic mass is 32.1. The Balaban J connectivity index is 1.64. The second-order valence-corrected chi connectivity index (χ2v) is 7.93. The molecule has 0 amide bonds. The summed E-state index contributed by atoms with van der Waals surface area (Å²) in [6, 6.07) is 11.4. The predicted octanol–water partition coefficient (Wildman–Crippen LogP) is 3.42. The summed E-state index contributed by atoms with van der Waals surface area (Å²) >= 11 is 0.995. The van der Waals surface area contributed by atoms with Crippen molar-refractivity contribution in [3.05, 3.63) is 74.0 Å². The van der Waals surface area contributed by atoms with Crippen molar-refractivity contribution in [2.24, 2.45) is 0 Å². The minimum absolute atomic E-state index is 0.0831. The van der Waals surface area contributed by atoms with Crippen LogP contribution in [0.2, 0.25) is 0 Å². The Morgan fingerprint density at radius 3 is 2.47 bits per heavy atom. The number of pyridine rings is 1. The number of benzene rings is 1. The molecule has 0 saturated carbocycles. The minimum Gasteiger partial charge on any atom is -0.494 e. The number of carbonyl (C=O) groups is 1. The molecular formula is C22H24N2O5S. The highest BCUT2D eigenvalue weighted by molar-refractivity contribution is 7.09. The van der Waals surface area contributed by atoms with Gasteiger partial charge in [-0.15, -0.1) is 0 Å². The fourth-order valence-electron chi connectivity index (χ4n) is 2.88. The highest BCUT2D eigenvalue weighted by Crippen LogP contribution is 2.23. The third-order valence-electron chi connectivity index (χ3n) is 4.60. The van der Waals surface area contributed by atoms with E-state index in [1.807, 2.05) is 42.6 Å². The maximum atomic E-state index is 11.3. The van der Waals surface area contributed by atoms with E-state index in [4.69, 9.17) is 9.47 Å². The average molecular weight is 429 g/mol. The van der Waals surface area contributed by atoms with E-state index in [9.17, 15) is 14.7 Å². The topological polar surface area (TPSA) is 102 Å². The fourth-order valence-corrected chi connectivity index (χ4v) is 3.64. The van der Waals surface area contributed by atoms with Gasteiger partial charge in [-0.2, -0.15) is 0 Å². The summed E-state index contributed by atoms with van der Waals surface area (Å²) in [5.41, 5.74) is 2.89. The number of hydrogen-bond donors (Lipinski definition) is 2. The average Bonchev–Trinajstić information content (AvgIpc) is 3.06. The van der Waals surface area contributed by atoms with Crippen LogP contribution in [0.15, 0.2) is 47.4 Å². The van der Waals surface area contributed by atoms with E-state index < -0.39 is 0 Å². The third kappa shape index (κ3) is 5.93. The Kier molecular flexibility index (Phi) is 7.24. The summed E-state index contributed by atoms with van der Waals surface area (Å²) < 4.78 is 11.1. The van der Waals surface area contributed by atoms with E-state index in [-0.39, 0.29) is 29.2 Å². The van der Waals surface area contributed by atoms with Crippen LogP contribution in [0.4, 0.5) is 0 Å². The van der Waals surface area contributed by atoms with Gasteiger partial charge in [0.1, 0.15) is 12.4 Å².